The lowest BCUT2D eigenvalue weighted by Gasteiger charge is -2.08. The first kappa shape index (κ1) is 10.5. The topological polar surface area (TPSA) is 59.4 Å². The lowest BCUT2D eigenvalue weighted by molar-refractivity contribution is 0.0696. The summed E-state index contributed by atoms with van der Waals surface area (Å²) in [6.07, 6.45) is 2.80. The number of carboxylic acid groups (broad SMARTS) is 1. The molecule has 0 amide bonds. The molecule has 4 nitrogen and oxygen atoms in total. The van der Waals surface area contributed by atoms with Crippen molar-refractivity contribution in [2.75, 3.05) is 6.61 Å². The number of aromatic carboxylic acids is 1. The summed E-state index contributed by atoms with van der Waals surface area (Å²) in [5.74, 6) is -0.0884. The minimum absolute atomic E-state index is 0.145. The fourth-order valence-corrected chi connectivity index (χ4v) is 0.878. The van der Waals surface area contributed by atoms with Crippen molar-refractivity contribution in [3.8, 4) is 5.75 Å². The zero-order valence-electron chi connectivity index (χ0n) is 8.23. The van der Waals surface area contributed by atoms with Crippen molar-refractivity contribution in [2.45, 2.75) is 13.8 Å². The van der Waals surface area contributed by atoms with Crippen LogP contribution in [0.25, 0.3) is 0 Å². The monoisotopic (exact) mass is 195 g/mol. The molecule has 0 atom stereocenters. The Morgan fingerprint density at radius 3 is 2.86 bits per heavy atom. The molecule has 0 aliphatic rings. The predicted octanol–water partition coefficient (Wildman–Crippen LogP) is 1.81. The van der Waals surface area contributed by atoms with Crippen molar-refractivity contribution in [3.63, 3.8) is 0 Å². The van der Waals surface area contributed by atoms with Crippen molar-refractivity contribution in [1.29, 1.82) is 0 Å². The Labute approximate surface area is 82.5 Å². The number of pyridine rings is 1. The molecule has 4 heteroatoms. The summed E-state index contributed by atoms with van der Waals surface area (Å²) in [4.78, 5) is 14.4. The van der Waals surface area contributed by atoms with Crippen molar-refractivity contribution >= 4 is 5.97 Å². The summed E-state index contributed by atoms with van der Waals surface area (Å²) in [7, 11) is 0. The number of carbonyl (C=O) groups is 1. The zero-order valence-corrected chi connectivity index (χ0v) is 8.23. The number of hydrogen-bond acceptors (Lipinski definition) is 3. The lowest BCUT2D eigenvalue weighted by Crippen LogP contribution is -2.05. The van der Waals surface area contributed by atoms with Crippen LogP contribution in [0.1, 0.15) is 24.2 Å². The van der Waals surface area contributed by atoms with Crippen LogP contribution in [0.4, 0.5) is 0 Å². The molecule has 76 valence electrons. The van der Waals surface area contributed by atoms with Gasteiger partial charge < -0.3 is 9.84 Å². The van der Waals surface area contributed by atoms with Gasteiger partial charge in [0.15, 0.2) is 0 Å². The molecule has 0 radical (unpaired) electrons. The molecule has 1 aromatic rings. The molecule has 1 aromatic heterocycles. The van der Waals surface area contributed by atoms with Crippen molar-refractivity contribution in [2.24, 2.45) is 5.92 Å². The third kappa shape index (κ3) is 3.05. The van der Waals surface area contributed by atoms with Gasteiger partial charge in [-0.15, -0.1) is 0 Å². The van der Waals surface area contributed by atoms with Crippen LogP contribution in [-0.2, 0) is 0 Å². The van der Waals surface area contributed by atoms with Gasteiger partial charge in [-0.05, 0) is 12.0 Å². The zero-order chi connectivity index (χ0) is 10.6. The Hall–Kier alpha value is -1.58. The Morgan fingerprint density at radius 2 is 2.29 bits per heavy atom. The van der Waals surface area contributed by atoms with Crippen LogP contribution >= 0.6 is 0 Å². The van der Waals surface area contributed by atoms with Crippen LogP contribution < -0.4 is 4.74 Å². The largest absolute Gasteiger partial charge is 0.492 e. The number of aromatic nitrogens is 1. The first-order chi connectivity index (χ1) is 6.59. The molecule has 1 N–H and O–H groups in total. The van der Waals surface area contributed by atoms with E-state index in [-0.39, 0.29) is 5.56 Å². The molecule has 0 saturated heterocycles. The highest BCUT2D eigenvalue weighted by molar-refractivity contribution is 5.87. The average Bonchev–Trinajstić information content (AvgIpc) is 2.15. The van der Waals surface area contributed by atoms with Crippen LogP contribution in [0.2, 0.25) is 0 Å². The molecule has 0 aromatic carbocycles. The van der Waals surface area contributed by atoms with E-state index in [0.717, 1.165) is 0 Å². The molecule has 1 rings (SSSR count). The minimum atomic E-state index is -0.993. The van der Waals surface area contributed by atoms with Crippen LogP contribution in [0.15, 0.2) is 18.5 Å². The minimum Gasteiger partial charge on any atom is -0.492 e. The maximum absolute atomic E-state index is 10.6. The van der Waals surface area contributed by atoms with E-state index < -0.39 is 5.97 Å². The predicted molar refractivity (Wildman–Crippen MR) is 51.5 cm³/mol. The van der Waals surface area contributed by atoms with E-state index in [4.69, 9.17) is 9.84 Å². The number of hydrogen-bond donors (Lipinski definition) is 1. The van der Waals surface area contributed by atoms with Crippen molar-refractivity contribution in [1.82, 2.24) is 4.98 Å². The SMILES string of the molecule is CC(C)COc1cncc(C(=O)O)c1. The summed E-state index contributed by atoms with van der Waals surface area (Å²) in [5, 5.41) is 8.69. The third-order valence-electron chi connectivity index (χ3n) is 1.54. The Balaban J connectivity index is 2.69. The smallest absolute Gasteiger partial charge is 0.337 e. The molecule has 14 heavy (non-hydrogen) atoms. The number of carboxylic acids is 1. The molecule has 0 saturated carbocycles. The Kier molecular flexibility index (Phi) is 3.45. The highest BCUT2D eigenvalue weighted by Crippen LogP contribution is 2.12. The first-order valence-electron chi connectivity index (χ1n) is 4.40. The fourth-order valence-electron chi connectivity index (χ4n) is 0.878. The number of nitrogens with zero attached hydrogens (tertiary/aromatic N) is 1. The highest BCUT2D eigenvalue weighted by atomic mass is 16.5. The highest BCUT2D eigenvalue weighted by Gasteiger charge is 2.04. The molecule has 0 aliphatic carbocycles. The normalized spacial score (nSPS) is 10.2. The molecule has 1 heterocycles. The van der Waals surface area contributed by atoms with Gasteiger partial charge in [-0.2, -0.15) is 0 Å². The first-order valence-corrected chi connectivity index (χ1v) is 4.40. The van der Waals surface area contributed by atoms with Crippen LogP contribution in [-0.4, -0.2) is 22.7 Å². The summed E-state index contributed by atoms with van der Waals surface area (Å²) < 4.78 is 5.33. The maximum Gasteiger partial charge on any atom is 0.337 e. The maximum atomic E-state index is 10.6. The summed E-state index contributed by atoms with van der Waals surface area (Å²) in [6.45, 7) is 4.60. The van der Waals surface area contributed by atoms with Crippen LogP contribution in [0, 0.1) is 5.92 Å². The van der Waals surface area contributed by atoms with Gasteiger partial charge in [-0.3, -0.25) is 4.98 Å². The molecular weight excluding hydrogens is 182 g/mol. The van der Waals surface area contributed by atoms with Gasteiger partial charge in [0.05, 0.1) is 18.4 Å². The molecule has 0 spiro atoms. The molecular formula is C10H13NO3. The van der Waals surface area contributed by atoms with Gasteiger partial charge in [0.25, 0.3) is 0 Å². The molecule has 0 fully saturated rings. The quantitative estimate of drug-likeness (QED) is 0.796. The second kappa shape index (κ2) is 4.60. The molecule has 0 aliphatic heterocycles. The van der Waals surface area contributed by atoms with Crippen molar-refractivity contribution in [3.05, 3.63) is 24.0 Å². The number of rotatable bonds is 4. The van der Waals surface area contributed by atoms with E-state index in [0.29, 0.717) is 18.3 Å². The van der Waals surface area contributed by atoms with E-state index in [9.17, 15) is 4.79 Å². The van der Waals surface area contributed by atoms with Gasteiger partial charge in [-0.25, -0.2) is 4.79 Å². The molecule has 0 bridgehead atoms. The van der Waals surface area contributed by atoms with E-state index in [1.54, 1.807) is 0 Å². The standard InChI is InChI=1S/C10H13NO3/c1-7(2)6-14-9-3-8(10(12)13)4-11-5-9/h3-5,7H,6H2,1-2H3,(H,12,13). The Bertz CT molecular complexity index is 323. The van der Waals surface area contributed by atoms with Gasteiger partial charge in [-0.1, -0.05) is 13.8 Å². The summed E-state index contributed by atoms with van der Waals surface area (Å²) in [5.41, 5.74) is 0.145. The van der Waals surface area contributed by atoms with Gasteiger partial charge >= 0.3 is 5.97 Å². The third-order valence-corrected chi connectivity index (χ3v) is 1.54. The summed E-state index contributed by atoms with van der Waals surface area (Å²) >= 11 is 0. The van der Waals surface area contributed by atoms with E-state index in [1.165, 1.54) is 18.5 Å². The van der Waals surface area contributed by atoms with Gasteiger partial charge in [0.1, 0.15) is 5.75 Å². The van der Waals surface area contributed by atoms with Gasteiger partial charge in [0, 0.05) is 6.20 Å². The fraction of sp³-hybridized carbons (Fsp3) is 0.400. The summed E-state index contributed by atoms with van der Waals surface area (Å²) in [6, 6.07) is 1.47. The lowest BCUT2D eigenvalue weighted by atomic mass is 10.2. The van der Waals surface area contributed by atoms with E-state index >= 15 is 0 Å². The molecule has 0 unspecified atom stereocenters. The van der Waals surface area contributed by atoms with E-state index in [2.05, 4.69) is 4.98 Å². The second-order valence-corrected chi connectivity index (χ2v) is 3.42. The van der Waals surface area contributed by atoms with Crippen LogP contribution in [0.3, 0.4) is 0 Å². The second-order valence-electron chi connectivity index (χ2n) is 3.42. The van der Waals surface area contributed by atoms with Crippen LogP contribution in [0.5, 0.6) is 5.75 Å². The Morgan fingerprint density at radius 1 is 1.57 bits per heavy atom. The van der Waals surface area contributed by atoms with Gasteiger partial charge in [0.2, 0.25) is 0 Å². The number of ether oxygens (including phenoxy) is 1. The van der Waals surface area contributed by atoms with Crippen molar-refractivity contribution < 1.29 is 14.6 Å². The van der Waals surface area contributed by atoms with E-state index in [1.807, 2.05) is 13.8 Å². The average molecular weight is 195 g/mol.